The summed E-state index contributed by atoms with van der Waals surface area (Å²) in [6.45, 7) is 8.17. The van der Waals surface area contributed by atoms with E-state index in [4.69, 9.17) is 4.99 Å². The highest BCUT2D eigenvalue weighted by atomic mass is 32.1. The number of carbonyl (C=O) groups excluding carboxylic acids is 1. The smallest absolute Gasteiger partial charge is 0.224 e. The lowest BCUT2D eigenvalue weighted by atomic mass is 10.2. The van der Waals surface area contributed by atoms with Crippen molar-refractivity contribution in [3.8, 4) is 0 Å². The highest BCUT2D eigenvalue weighted by molar-refractivity contribution is 7.09. The average molecular weight is 388 g/mol. The van der Waals surface area contributed by atoms with Gasteiger partial charge in [-0.15, -0.1) is 11.3 Å². The van der Waals surface area contributed by atoms with Gasteiger partial charge in [-0.05, 0) is 38.0 Å². The van der Waals surface area contributed by atoms with E-state index in [0.717, 1.165) is 47.4 Å². The number of hydrogen-bond donors (Lipinski definition) is 2. The van der Waals surface area contributed by atoms with E-state index >= 15 is 0 Å². The Bertz CT molecular complexity index is 754. The molecule has 2 rings (SSSR count). The molecule has 146 valence electrons. The Balaban J connectivity index is 1.97. The van der Waals surface area contributed by atoms with Gasteiger partial charge in [0.25, 0.3) is 0 Å². The Morgan fingerprint density at radius 1 is 1.26 bits per heavy atom. The van der Waals surface area contributed by atoms with Crippen molar-refractivity contribution in [2.24, 2.45) is 4.99 Å². The fourth-order valence-corrected chi connectivity index (χ4v) is 3.18. The molecule has 1 heterocycles. The monoisotopic (exact) mass is 387 g/mol. The van der Waals surface area contributed by atoms with Gasteiger partial charge in [0.1, 0.15) is 0 Å². The maximum Gasteiger partial charge on any atom is 0.224 e. The van der Waals surface area contributed by atoms with Crippen LogP contribution in [0.15, 0.2) is 34.6 Å². The third kappa shape index (κ3) is 7.02. The van der Waals surface area contributed by atoms with Gasteiger partial charge in [0.05, 0.1) is 23.8 Å². The van der Waals surface area contributed by atoms with E-state index < -0.39 is 0 Å². The first-order chi connectivity index (χ1) is 13.0. The summed E-state index contributed by atoms with van der Waals surface area (Å²) >= 11 is 1.66. The molecule has 0 radical (unpaired) electrons. The molecule has 0 atom stereocenters. The number of aromatic nitrogens is 1. The topological polar surface area (TPSA) is 69.6 Å². The molecule has 0 unspecified atom stereocenters. The molecule has 1 amide bonds. The zero-order valence-electron chi connectivity index (χ0n) is 16.6. The number of nitrogens with one attached hydrogen (secondary N) is 2. The lowest BCUT2D eigenvalue weighted by Crippen LogP contribution is -2.38. The van der Waals surface area contributed by atoms with E-state index in [-0.39, 0.29) is 5.91 Å². The highest BCUT2D eigenvalue weighted by Crippen LogP contribution is 2.12. The van der Waals surface area contributed by atoms with Crippen LogP contribution in [0.2, 0.25) is 0 Å². The number of benzene rings is 1. The van der Waals surface area contributed by atoms with Crippen molar-refractivity contribution in [3.63, 3.8) is 0 Å². The van der Waals surface area contributed by atoms with Gasteiger partial charge in [-0.1, -0.05) is 19.1 Å². The fourth-order valence-electron chi connectivity index (χ4n) is 2.58. The van der Waals surface area contributed by atoms with Crippen molar-refractivity contribution in [1.82, 2.24) is 15.2 Å². The minimum atomic E-state index is 0.0524. The molecule has 7 heteroatoms. The predicted molar refractivity (Wildman–Crippen MR) is 113 cm³/mol. The van der Waals surface area contributed by atoms with Gasteiger partial charge in [-0.3, -0.25) is 4.79 Å². The van der Waals surface area contributed by atoms with Crippen LogP contribution in [0.3, 0.4) is 0 Å². The first-order valence-corrected chi connectivity index (χ1v) is 10.2. The summed E-state index contributed by atoms with van der Waals surface area (Å²) in [5.74, 6) is 0.903. The fraction of sp³-hybridized carbons (Fsp3) is 0.450. The molecule has 27 heavy (non-hydrogen) atoms. The molecular weight excluding hydrogens is 358 g/mol. The van der Waals surface area contributed by atoms with Crippen molar-refractivity contribution < 1.29 is 4.79 Å². The summed E-state index contributed by atoms with van der Waals surface area (Å²) in [5, 5.41) is 9.39. The Hall–Kier alpha value is -2.41. The van der Waals surface area contributed by atoms with Gasteiger partial charge in [-0.2, -0.15) is 0 Å². The molecule has 2 N–H and O–H groups in total. The predicted octanol–water partition coefficient (Wildman–Crippen LogP) is 3.79. The lowest BCUT2D eigenvalue weighted by molar-refractivity contribution is -0.116. The van der Waals surface area contributed by atoms with Gasteiger partial charge in [0.15, 0.2) is 5.96 Å². The molecule has 0 aliphatic heterocycles. The summed E-state index contributed by atoms with van der Waals surface area (Å²) < 4.78 is 0. The van der Waals surface area contributed by atoms with Crippen molar-refractivity contribution in [2.75, 3.05) is 18.9 Å². The van der Waals surface area contributed by atoms with Crippen LogP contribution < -0.4 is 10.6 Å². The van der Waals surface area contributed by atoms with E-state index in [1.54, 1.807) is 11.3 Å². The van der Waals surface area contributed by atoms with E-state index in [2.05, 4.69) is 32.8 Å². The SMILES string of the molecule is CCCC(=O)Nc1ccc(CN=C(NCC)N(C)Cc2csc(C)n2)cc1. The number of amides is 1. The van der Waals surface area contributed by atoms with Crippen molar-refractivity contribution in [1.29, 1.82) is 0 Å². The van der Waals surface area contributed by atoms with Gasteiger partial charge >= 0.3 is 0 Å². The average Bonchev–Trinajstić information content (AvgIpc) is 3.04. The minimum absolute atomic E-state index is 0.0524. The zero-order valence-corrected chi connectivity index (χ0v) is 17.4. The van der Waals surface area contributed by atoms with E-state index in [9.17, 15) is 4.79 Å². The lowest BCUT2D eigenvalue weighted by Gasteiger charge is -2.21. The number of rotatable bonds is 8. The molecule has 6 nitrogen and oxygen atoms in total. The number of anilines is 1. The zero-order chi connectivity index (χ0) is 19.6. The molecule has 2 aromatic rings. The van der Waals surface area contributed by atoms with Gasteiger partial charge < -0.3 is 15.5 Å². The quantitative estimate of drug-likeness (QED) is 0.534. The van der Waals surface area contributed by atoms with Crippen LogP contribution in [-0.4, -0.2) is 35.3 Å². The molecule has 0 aliphatic carbocycles. The Kier molecular flexibility index (Phi) is 8.26. The highest BCUT2D eigenvalue weighted by Gasteiger charge is 2.08. The number of aryl methyl sites for hydroxylation is 1. The van der Waals surface area contributed by atoms with Crippen molar-refractivity contribution in [2.45, 2.75) is 46.7 Å². The molecule has 0 fully saturated rings. The molecule has 1 aromatic carbocycles. The van der Waals surface area contributed by atoms with Crippen LogP contribution in [0.4, 0.5) is 5.69 Å². The van der Waals surface area contributed by atoms with Crippen LogP contribution >= 0.6 is 11.3 Å². The summed E-state index contributed by atoms with van der Waals surface area (Å²) in [4.78, 5) is 23.0. The standard InChI is InChI=1S/C20H29N5OS/c1-5-7-19(26)24-17-10-8-16(9-11-17)12-22-20(21-6-2)25(4)13-18-14-27-15(3)23-18/h8-11,14H,5-7,12-13H2,1-4H3,(H,21,22)(H,24,26). The van der Waals surface area contributed by atoms with Crippen LogP contribution in [-0.2, 0) is 17.9 Å². The summed E-state index contributed by atoms with van der Waals surface area (Å²) in [7, 11) is 2.02. The molecule has 0 aliphatic rings. The normalized spacial score (nSPS) is 11.3. The molecule has 0 saturated heterocycles. The second-order valence-corrected chi connectivity index (χ2v) is 7.44. The maximum absolute atomic E-state index is 11.7. The molecule has 0 spiro atoms. The number of nitrogens with zero attached hydrogens (tertiary/aromatic N) is 3. The molecule has 0 saturated carbocycles. The largest absolute Gasteiger partial charge is 0.357 e. The van der Waals surface area contributed by atoms with Crippen LogP contribution in [0.5, 0.6) is 0 Å². The van der Waals surface area contributed by atoms with Crippen molar-refractivity contribution >= 4 is 28.9 Å². The first-order valence-electron chi connectivity index (χ1n) is 9.31. The van der Waals surface area contributed by atoms with E-state index in [0.29, 0.717) is 13.0 Å². The Morgan fingerprint density at radius 3 is 2.59 bits per heavy atom. The minimum Gasteiger partial charge on any atom is -0.357 e. The molecule has 1 aromatic heterocycles. The number of aliphatic imine (C=N–C) groups is 1. The van der Waals surface area contributed by atoms with Crippen LogP contribution in [0, 0.1) is 6.92 Å². The van der Waals surface area contributed by atoms with E-state index in [1.165, 1.54) is 0 Å². The van der Waals surface area contributed by atoms with Crippen molar-refractivity contribution in [3.05, 3.63) is 45.9 Å². The van der Waals surface area contributed by atoms with Gasteiger partial charge in [0, 0.05) is 31.1 Å². The molecule has 0 bridgehead atoms. The number of hydrogen-bond acceptors (Lipinski definition) is 4. The Labute approximate surface area is 165 Å². The number of thiazole rings is 1. The summed E-state index contributed by atoms with van der Waals surface area (Å²) in [5.41, 5.74) is 2.97. The number of carbonyl (C=O) groups is 1. The van der Waals surface area contributed by atoms with Crippen LogP contribution in [0.25, 0.3) is 0 Å². The third-order valence-corrected chi connectivity index (χ3v) is 4.71. The van der Waals surface area contributed by atoms with E-state index in [1.807, 2.05) is 45.2 Å². The second kappa shape index (κ2) is 10.7. The maximum atomic E-state index is 11.7. The van der Waals surface area contributed by atoms with Gasteiger partial charge in [0.2, 0.25) is 5.91 Å². The number of guanidine groups is 1. The Morgan fingerprint density at radius 2 is 2.00 bits per heavy atom. The van der Waals surface area contributed by atoms with Gasteiger partial charge in [-0.25, -0.2) is 9.98 Å². The summed E-state index contributed by atoms with van der Waals surface area (Å²) in [6, 6.07) is 7.84. The first kappa shape index (κ1) is 20.9. The summed E-state index contributed by atoms with van der Waals surface area (Å²) in [6.07, 6.45) is 1.39. The molecular formula is C20H29N5OS. The van der Waals surface area contributed by atoms with Crippen LogP contribution in [0.1, 0.15) is 43.0 Å². The second-order valence-electron chi connectivity index (χ2n) is 6.38. The third-order valence-electron chi connectivity index (χ3n) is 3.89.